The molecule has 0 radical (unpaired) electrons. The fraction of sp³-hybridized carbons (Fsp3) is 0.250. The molecular weight excluding hydrogens is 263 g/mol. The fourth-order valence-corrected chi connectivity index (χ4v) is 1.97. The van der Waals surface area contributed by atoms with Gasteiger partial charge in [-0.05, 0) is 12.1 Å². The molecule has 6 heteroatoms. The average Bonchev–Trinajstić information content (AvgIpc) is 2.03. The van der Waals surface area contributed by atoms with Gasteiger partial charge in [0.25, 0.3) is 3.53 Å². The molecule has 14 heavy (non-hydrogen) atoms. The van der Waals surface area contributed by atoms with Crippen molar-refractivity contribution in [2.24, 2.45) is 0 Å². The highest BCUT2D eigenvalue weighted by Crippen LogP contribution is 2.61. The lowest BCUT2D eigenvalue weighted by Crippen LogP contribution is -2.10. The number of alkyl halides is 3. The Morgan fingerprint density at radius 1 is 1.21 bits per heavy atom. The zero-order valence-corrected chi connectivity index (χ0v) is 10.5. The van der Waals surface area contributed by atoms with E-state index >= 15 is 0 Å². The third-order valence-corrected chi connectivity index (χ3v) is 6.16. The number of anilines is 1. The lowest BCUT2D eigenvalue weighted by Gasteiger charge is -2.22. The number of hydrogen-bond acceptors (Lipinski definition) is 1. The van der Waals surface area contributed by atoms with Crippen LogP contribution in [-0.4, -0.2) is 10.2 Å². The Morgan fingerprint density at radius 2 is 1.71 bits per heavy atom. The Labute approximate surface area is 98.0 Å². The normalized spacial score (nSPS) is 16.0. The maximum absolute atomic E-state index is 11.9. The van der Waals surface area contributed by atoms with Gasteiger partial charge in [-0.1, -0.05) is 53.0 Å². The van der Waals surface area contributed by atoms with Crippen LogP contribution in [0.15, 0.2) is 30.3 Å². The van der Waals surface area contributed by atoms with Gasteiger partial charge in [0, 0.05) is 12.4 Å². The van der Waals surface area contributed by atoms with Crippen molar-refractivity contribution >= 4 is 47.8 Å². The van der Waals surface area contributed by atoms with Crippen molar-refractivity contribution < 1.29 is 4.57 Å². The lowest BCUT2D eigenvalue weighted by molar-refractivity contribution is 0.582. The third-order valence-electron chi connectivity index (χ3n) is 1.60. The molecule has 0 spiro atoms. The van der Waals surface area contributed by atoms with E-state index in [2.05, 4.69) is 5.09 Å². The average molecular weight is 272 g/mol. The second kappa shape index (κ2) is 4.32. The summed E-state index contributed by atoms with van der Waals surface area (Å²) in [7, 11) is -3.05. The zero-order chi connectivity index (χ0) is 10.8. The molecule has 1 aromatic carbocycles. The molecule has 2 nitrogen and oxygen atoms in total. The van der Waals surface area contributed by atoms with Crippen molar-refractivity contribution in [3.8, 4) is 0 Å². The Bertz CT molecular complexity index is 349. The van der Waals surface area contributed by atoms with Gasteiger partial charge in [0.1, 0.15) is 0 Å². The molecule has 0 fully saturated rings. The van der Waals surface area contributed by atoms with Gasteiger partial charge in [-0.2, -0.15) is 0 Å². The number of benzene rings is 1. The minimum absolute atomic E-state index is 0.671. The van der Waals surface area contributed by atoms with Crippen molar-refractivity contribution in [2.75, 3.05) is 11.8 Å². The molecule has 1 aromatic rings. The van der Waals surface area contributed by atoms with E-state index in [0.29, 0.717) is 5.69 Å². The topological polar surface area (TPSA) is 29.1 Å². The highest BCUT2D eigenvalue weighted by atomic mass is 35.6. The van der Waals surface area contributed by atoms with Gasteiger partial charge < -0.3 is 5.09 Å². The van der Waals surface area contributed by atoms with Crippen LogP contribution in [0, 0.1) is 0 Å². The first-order valence-corrected chi connectivity index (χ1v) is 7.09. The van der Waals surface area contributed by atoms with E-state index in [4.69, 9.17) is 34.8 Å². The van der Waals surface area contributed by atoms with E-state index in [1.165, 1.54) is 6.66 Å². The molecule has 1 N–H and O–H groups in total. The molecule has 0 saturated heterocycles. The maximum Gasteiger partial charge on any atom is 0.260 e. The Balaban J connectivity index is 2.85. The first-order chi connectivity index (χ1) is 6.33. The summed E-state index contributed by atoms with van der Waals surface area (Å²) >= 11 is 16.7. The summed E-state index contributed by atoms with van der Waals surface area (Å²) in [5.41, 5.74) is 0.671. The van der Waals surface area contributed by atoms with Crippen LogP contribution >= 0.6 is 42.1 Å². The van der Waals surface area contributed by atoms with Crippen LogP contribution in [0.25, 0.3) is 0 Å². The van der Waals surface area contributed by atoms with Gasteiger partial charge in [-0.15, -0.1) is 0 Å². The van der Waals surface area contributed by atoms with E-state index in [-0.39, 0.29) is 0 Å². The molecule has 0 heterocycles. The minimum atomic E-state index is -3.05. The molecule has 0 unspecified atom stereocenters. The van der Waals surface area contributed by atoms with Gasteiger partial charge in [0.05, 0.1) is 0 Å². The molecule has 0 amide bonds. The standard InChI is InChI=1S/C8H9Cl3NOP/c1-14(13,8(9,10)11)12-7-5-3-2-4-6-7/h2-6H,1H3,(H,12,13)/t14-/m1/s1. The Kier molecular flexibility index (Phi) is 3.76. The number of para-hydroxylation sites is 1. The molecule has 0 bridgehead atoms. The molecule has 0 aliphatic heterocycles. The van der Waals surface area contributed by atoms with E-state index in [1.54, 1.807) is 24.3 Å². The van der Waals surface area contributed by atoms with Crippen LogP contribution in [-0.2, 0) is 4.57 Å². The number of hydrogen-bond donors (Lipinski definition) is 1. The van der Waals surface area contributed by atoms with E-state index in [1.807, 2.05) is 6.07 Å². The summed E-state index contributed by atoms with van der Waals surface area (Å²) in [6, 6.07) is 8.97. The van der Waals surface area contributed by atoms with Crippen molar-refractivity contribution in [1.82, 2.24) is 0 Å². The monoisotopic (exact) mass is 271 g/mol. The second-order valence-electron chi connectivity index (χ2n) is 2.87. The molecule has 1 rings (SSSR count). The fourth-order valence-electron chi connectivity index (χ4n) is 0.822. The van der Waals surface area contributed by atoms with Crippen LogP contribution in [0.4, 0.5) is 5.69 Å². The van der Waals surface area contributed by atoms with Crippen LogP contribution in [0.1, 0.15) is 0 Å². The molecule has 0 saturated carbocycles. The molecule has 0 aliphatic rings. The van der Waals surface area contributed by atoms with Crippen molar-refractivity contribution in [3.05, 3.63) is 30.3 Å². The smallest absolute Gasteiger partial charge is 0.260 e. The highest BCUT2D eigenvalue weighted by Gasteiger charge is 2.39. The van der Waals surface area contributed by atoms with Crippen molar-refractivity contribution in [3.63, 3.8) is 0 Å². The summed E-state index contributed by atoms with van der Waals surface area (Å²) in [6.07, 6.45) is 0. The largest absolute Gasteiger partial charge is 0.333 e. The second-order valence-corrected chi connectivity index (χ2v) is 8.68. The van der Waals surface area contributed by atoms with Crippen LogP contribution in [0.2, 0.25) is 0 Å². The predicted octanol–water partition coefficient (Wildman–Crippen LogP) is 4.33. The number of rotatable bonds is 2. The van der Waals surface area contributed by atoms with Gasteiger partial charge in [-0.25, -0.2) is 0 Å². The van der Waals surface area contributed by atoms with Gasteiger partial charge in [0.15, 0.2) is 0 Å². The molecule has 0 aliphatic carbocycles. The maximum atomic E-state index is 11.9. The molecule has 1 atom stereocenters. The summed E-state index contributed by atoms with van der Waals surface area (Å²) in [6.45, 7) is 1.40. The Morgan fingerprint density at radius 3 is 2.14 bits per heavy atom. The van der Waals surface area contributed by atoms with Crippen LogP contribution in [0.3, 0.4) is 0 Å². The first kappa shape index (κ1) is 12.2. The van der Waals surface area contributed by atoms with E-state index in [0.717, 1.165) is 0 Å². The van der Waals surface area contributed by atoms with Crippen LogP contribution in [0.5, 0.6) is 0 Å². The molecule has 78 valence electrons. The molecular formula is C8H9Cl3NOP. The Hall–Kier alpha value is 0.120. The van der Waals surface area contributed by atoms with E-state index < -0.39 is 10.8 Å². The van der Waals surface area contributed by atoms with Crippen molar-refractivity contribution in [2.45, 2.75) is 3.53 Å². The minimum Gasteiger partial charge on any atom is -0.333 e. The number of nitrogens with one attached hydrogen (secondary N) is 1. The summed E-state index contributed by atoms with van der Waals surface area (Å²) in [4.78, 5) is 0. The lowest BCUT2D eigenvalue weighted by atomic mass is 10.3. The third kappa shape index (κ3) is 3.06. The first-order valence-electron chi connectivity index (χ1n) is 3.80. The predicted molar refractivity (Wildman–Crippen MR) is 63.9 cm³/mol. The zero-order valence-electron chi connectivity index (χ0n) is 7.38. The molecule has 0 aromatic heterocycles. The van der Waals surface area contributed by atoms with Crippen molar-refractivity contribution in [1.29, 1.82) is 0 Å². The van der Waals surface area contributed by atoms with Gasteiger partial charge in [0.2, 0.25) is 7.29 Å². The summed E-state index contributed by atoms with van der Waals surface area (Å²) < 4.78 is 10.1. The quantitative estimate of drug-likeness (QED) is 0.641. The summed E-state index contributed by atoms with van der Waals surface area (Å²) in [5, 5.41) is 2.72. The van der Waals surface area contributed by atoms with Gasteiger partial charge >= 0.3 is 0 Å². The van der Waals surface area contributed by atoms with Gasteiger partial charge in [-0.3, -0.25) is 4.57 Å². The summed E-state index contributed by atoms with van der Waals surface area (Å²) in [5.74, 6) is 0. The van der Waals surface area contributed by atoms with E-state index in [9.17, 15) is 4.57 Å². The SMILES string of the molecule is C[P@](=O)(Nc1ccccc1)C(Cl)(Cl)Cl. The van der Waals surface area contributed by atoms with Crippen LogP contribution < -0.4 is 5.09 Å². The highest BCUT2D eigenvalue weighted by molar-refractivity contribution is 7.72. The number of halogens is 3.